The van der Waals surface area contributed by atoms with Crippen molar-refractivity contribution in [3.8, 4) is 0 Å². The van der Waals surface area contributed by atoms with Gasteiger partial charge < -0.3 is 9.80 Å². The van der Waals surface area contributed by atoms with Crippen molar-refractivity contribution in [1.82, 2.24) is 14.8 Å². The molecule has 21 heavy (non-hydrogen) atoms. The van der Waals surface area contributed by atoms with Gasteiger partial charge in [-0.05, 0) is 12.1 Å². The first kappa shape index (κ1) is 15.5. The highest BCUT2D eigenvalue weighted by atomic mass is 16.2. The second-order valence-electron chi connectivity index (χ2n) is 6.42. The fourth-order valence-electron chi connectivity index (χ4n) is 2.40. The van der Waals surface area contributed by atoms with Gasteiger partial charge in [0.2, 0.25) is 11.8 Å². The van der Waals surface area contributed by atoms with Gasteiger partial charge in [0.1, 0.15) is 0 Å². The van der Waals surface area contributed by atoms with Crippen LogP contribution in [0.2, 0.25) is 0 Å². The van der Waals surface area contributed by atoms with Crippen LogP contribution in [0.15, 0.2) is 24.4 Å². The van der Waals surface area contributed by atoms with E-state index in [1.165, 1.54) is 0 Å². The predicted molar refractivity (Wildman–Crippen MR) is 80.6 cm³/mol. The molecule has 0 radical (unpaired) electrons. The summed E-state index contributed by atoms with van der Waals surface area (Å²) in [6.07, 6.45) is 2.02. The molecule has 0 aliphatic carbocycles. The Kier molecular flexibility index (Phi) is 4.60. The van der Waals surface area contributed by atoms with Crippen LogP contribution in [0, 0.1) is 5.41 Å². The lowest BCUT2D eigenvalue weighted by atomic mass is 9.94. The van der Waals surface area contributed by atoms with Crippen LogP contribution >= 0.6 is 0 Å². The van der Waals surface area contributed by atoms with Crippen LogP contribution in [-0.2, 0) is 16.0 Å². The summed E-state index contributed by atoms with van der Waals surface area (Å²) >= 11 is 0. The normalized spacial score (nSPS) is 16.0. The van der Waals surface area contributed by atoms with Crippen molar-refractivity contribution < 1.29 is 9.59 Å². The molecular formula is C16H23N3O2. The molecule has 2 amide bonds. The molecule has 1 aliphatic heterocycles. The van der Waals surface area contributed by atoms with Gasteiger partial charge >= 0.3 is 0 Å². The minimum atomic E-state index is -0.361. The Morgan fingerprint density at radius 1 is 1.10 bits per heavy atom. The first-order chi connectivity index (χ1) is 9.88. The third kappa shape index (κ3) is 4.03. The second-order valence-corrected chi connectivity index (χ2v) is 6.42. The molecule has 2 heterocycles. The zero-order valence-electron chi connectivity index (χ0n) is 13.0. The van der Waals surface area contributed by atoms with Gasteiger partial charge in [-0.15, -0.1) is 0 Å². The van der Waals surface area contributed by atoms with Crippen molar-refractivity contribution in [2.24, 2.45) is 5.41 Å². The molecule has 0 aromatic carbocycles. The number of hydrogen-bond donors (Lipinski definition) is 0. The second kappa shape index (κ2) is 6.24. The number of carbonyl (C=O) groups is 2. The SMILES string of the molecule is CC(C)(C)C(=O)N1CCN(C(=O)Cc2ccccn2)CC1. The van der Waals surface area contributed by atoms with E-state index in [0.717, 1.165) is 5.69 Å². The van der Waals surface area contributed by atoms with Crippen LogP contribution in [0.3, 0.4) is 0 Å². The summed E-state index contributed by atoms with van der Waals surface area (Å²) < 4.78 is 0. The monoisotopic (exact) mass is 289 g/mol. The van der Waals surface area contributed by atoms with E-state index in [2.05, 4.69) is 4.98 Å². The third-order valence-corrected chi connectivity index (χ3v) is 3.62. The summed E-state index contributed by atoms with van der Waals surface area (Å²) in [6, 6.07) is 5.58. The average molecular weight is 289 g/mol. The molecule has 5 nitrogen and oxygen atoms in total. The molecule has 5 heteroatoms. The molecule has 1 aromatic rings. The molecule has 1 saturated heterocycles. The maximum absolute atomic E-state index is 12.2. The zero-order chi connectivity index (χ0) is 15.5. The molecule has 1 aliphatic rings. The van der Waals surface area contributed by atoms with Gasteiger partial charge in [-0.1, -0.05) is 26.8 Å². The lowest BCUT2D eigenvalue weighted by molar-refractivity contribution is -0.144. The highest BCUT2D eigenvalue weighted by molar-refractivity contribution is 5.82. The van der Waals surface area contributed by atoms with E-state index in [0.29, 0.717) is 32.6 Å². The first-order valence-electron chi connectivity index (χ1n) is 7.35. The molecule has 0 spiro atoms. The van der Waals surface area contributed by atoms with E-state index >= 15 is 0 Å². The standard InChI is InChI=1S/C16H23N3O2/c1-16(2,3)15(21)19-10-8-18(9-11-19)14(20)12-13-6-4-5-7-17-13/h4-7H,8-12H2,1-3H3. The topological polar surface area (TPSA) is 53.5 Å². The van der Waals surface area contributed by atoms with Crippen LogP contribution < -0.4 is 0 Å². The maximum Gasteiger partial charge on any atom is 0.228 e. The smallest absolute Gasteiger partial charge is 0.228 e. The lowest BCUT2D eigenvalue weighted by Crippen LogP contribution is -2.53. The number of piperazine rings is 1. The maximum atomic E-state index is 12.2. The van der Waals surface area contributed by atoms with Crippen LogP contribution in [0.5, 0.6) is 0 Å². The Labute approximate surface area is 126 Å². The number of carbonyl (C=O) groups excluding carboxylic acids is 2. The molecule has 0 atom stereocenters. The van der Waals surface area contributed by atoms with E-state index in [1.54, 1.807) is 6.20 Å². The van der Waals surface area contributed by atoms with Gasteiger partial charge in [-0.25, -0.2) is 0 Å². The number of nitrogens with zero attached hydrogens (tertiary/aromatic N) is 3. The summed E-state index contributed by atoms with van der Waals surface area (Å²) in [5.41, 5.74) is 0.427. The van der Waals surface area contributed by atoms with E-state index in [1.807, 2.05) is 48.8 Å². The van der Waals surface area contributed by atoms with Gasteiger partial charge in [0.05, 0.1) is 6.42 Å². The Morgan fingerprint density at radius 3 is 2.24 bits per heavy atom. The minimum Gasteiger partial charge on any atom is -0.339 e. The zero-order valence-corrected chi connectivity index (χ0v) is 13.0. The predicted octanol–water partition coefficient (Wildman–Crippen LogP) is 1.34. The Hall–Kier alpha value is -1.91. The summed E-state index contributed by atoms with van der Waals surface area (Å²) in [5.74, 6) is 0.232. The molecule has 2 rings (SSSR count). The van der Waals surface area contributed by atoms with Crippen LogP contribution in [0.1, 0.15) is 26.5 Å². The molecule has 0 unspecified atom stereocenters. The quantitative estimate of drug-likeness (QED) is 0.825. The van der Waals surface area contributed by atoms with Gasteiger partial charge in [0.15, 0.2) is 0 Å². The van der Waals surface area contributed by atoms with Crippen molar-refractivity contribution in [3.63, 3.8) is 0 Å². The van der Waals surface area contributed by atoms with Gasteiger partial charge in [0.25, 0.3) is 0 Å². The number of aromatic nitrogens is 1. The van der Waals surface area contributed by atoms with E-state index in [-0.39, 0.29) is 17.2 Å². The van der Waals surface area contributed by atoms with E-state index in [4.69, 9.17) is 0 Å². The fourth-order valence-corrected chi connectivity index (χ4v) is 2.40. The molecule has 114 valence electrons. The van der Waals surface area contributed by atoms with Gasteiger partial charge in [-0.3, -0.25) is 14.6 Å². The van der Waals surface area contributed by atoms with Crippen molar-refractivity contribution in [1.29, 1.82) is 0 Å². The number of amides is 2. The molecule has 1 fully saturated rings. The van der Waals surface area contributed by atoms with Crippen molar-refractivity contribution in [3.05, 3.63) is 30.1 Å². The number of rotatable bonds is 2. The van der Waals surface area contributed by atoms with Gasteiger partial charge in [0, 0.05) is 43.5 Å². The Morgan fingerprint density at radius 2 is 1.71 bits per heavy atom. The molecule has 0 bridgehead atoms. The summed E-state index contributed by atoms with van der Waals surface area (Å²) in [4.78, 5) is 32.3. The molecular weight excluding hydrogens is 266 g/mol. The first-order valence-corrected chi connectivity index (χ1v) is 7.35. The van der Waals surface area contributed by atoms with Crippen LogP contribution in [0.25, 0.3) is 0 Å². The minimum absolute atomic E-state index is 0.0801. The third-order valence-electron chi connectivity index (χ3n) is 3.62. The largest absolute Gasteiger partial charge is 0.339 e. The van der Waals surface area contributed by atoms with Gasteiger partial charge in [-0.2, -0.15) is 0 Å². The Balaban J connectivity index is 1.86. The van der Waals surface area contributed by atoms with Crippen LogP contribution in [-0.4, -0.2) is 52.8 Å². The fraction of sp³-hybridized carbons (Fsp3) is 0.562. The molecule has 1 aromatic heterocycles. The molecule has 0 N–H and O–H groups in total. The average Bonchev–Trinajstić information content (AvgIpc) is 2.46. The highest BCUT2D eigenvalue weighted by Crippen LogP contribution is 2.18. The summed E-state index contributed by atoms with van der Waals surface area (Å²) in [5, 5.41) is 0. The summed E-state index contributed by atoms with van der Waals surface area (Å²) in [7, 11) is 0. The summed E-state index contributed by atoms with van der Waals surface area (Å²) in [6.45, 7) is 8.21. The van der Waals surface area contributed by atoms with Crippen molar-refractivity contribution in [2.45, 2.75) is 27.2 Å². The van der Waals surface area contributed by atoms with Crippen molar-refractivity contribution >= 4 is 11.8 Å². The lowest BCUT2D eigenvalue weighted by Gasteiger charge is -2.37. The van der Waals surface area contributed by atoms with E-state index < -0.39 is 0 Å². The van der Waals surface area contributed by atoms with Crippen LogP contribution in [0.4, 0.5) is 0 Å². The Bertz CT molecular complexity index is 500. The molecule has 0 saturated carbocycles. The highest BCUT2D eigenvalue weighted by Gasteiger charge is 2.30. The number of hydrogen-bond acceptors (Lipinski definition) is 3. The number of pyridine rings is 1. The van der Waals surface area contributed by atoms with E-state index in [9.17, 15) is 9.59 Å². The van der Waals surface area contributed by atoms with Crippen molar-refractivity contribution in [2.75, 3.05) is 26.2 Å².